The number of aromatic nitrogens is 2. The van der Waals surface area contributed by atoms with Gasteiger partial charge in [-0.3, -0.25) is 0 Å². The molecule has 0 aliphatic rings. The Hall–Kier alpha value is -3.36. The Morgan fingerprint density at radius 3 is 1.42 bits per heavy atom. The van der Waals surface area contributed by atoms with Crippen molar-refractivity contribution in [1.29, 1.82) is 0 Å². The molecule has 0 spiro atoms. The van der Waals surface area contributed by atoms with Crippen LogP contribution in [0.15, 0.2) is 36.4 Å². The molecule has 0 amide bonds. The molecule has 36 heavy (non-hydrogen) atoms. The lowest BCUT2D eigenvalue weighted by atomic mass is 10.0. The van der Waals surface area contributed by atoms with Crippen molar-refractivity contribution in [3.05, 3.63) is 36.4 Å². The Balaban J connectivity index is 1.87. The minimum Gasteiger partial charge on any atom is -0.497 e. The first kappa shape index (κ1) is 25.7. The number of methoxy groups -OCH3 is 2. The molecule has 2 aromatic carbocycles. The van der Waals surface area contributed by atoms with E-state index in [1.165, 1.54) is 0 Å². The first-order valence-electron chi connectivity index (χ1n) is 12.5. The number of anilines is 2. The Morgan fingerprint density at radius 2 is 1.06 bits per heavy atom. The van der Waals surface area contributed by atoms with Crippen LogP contribution in [0.25, 0.3) is 32.6 Å². The summed E-state index contributed by atoms with van der Waals surface area (Å²) in [7, 11) is 11.7. The zero-order valence-corrected chi connectivity index (χ0v) is 22.3. The standard InChI is InChI=1S/C28H38N6O2/c1-33(2)15-7-13-29-27-23-17-19(35-5)9-11-21(23)26-25(31-27)22-12-10-20(36-6)18-24(22)28(32-26)30-14-8-16-34(3)4/h9-12,17-18H,7-8,13-16H2,1-6H3,(H,29,31)(H,30,32). The molecular formula is C28H38N6O2. The summed E-state index contributed by atoms with van der Waals surface area (Å²) in [5.74, 6) is 3.29. The van der Waals surface area contributed by atoms with Crippen LogP contribution in [0.2, 0.25) is 0 Å². The van der Waals surface area contributed by atoms with Gasteiger partial charge in [0.05, 0.1) is 25.3 Å². The van der Waals surface area contributed by atoms with Crippen LogP contribution in [-0.4, -0.2) is 88.4 Å². The van der Waals surface area contributed by atoms with Crippen molar-refractivity contribution < 1.29 is 9.47 Å². The summed E-state index contributed by atoms with van der Waals surface area (Å²) in [6.07, 6.45) is 2.04. The zero-order chi connectivity index (χ0) is 25.7. The molecule has 0 saturated heterocycles. The summed E-state index contributed by atoms with van der Waals surface area (Å²) in [5, 5.41) is 11.3. The summed E-state index contributed by atoms with van der Waals surface area (Å²) in [6, 6.07) is 12.2. The van der Waals surface area contributed by atoms with Crippen LogP contribution in [0.5, 0.6) is 11.5 Å². The Bertz CT molecular complexity index is 1240. The summed E-state index contributed by atoms with van der Waals surface area (Å²) in [6.45, 7) is 3.67. The average Bonchev–Trinajstić information content (AvgIpc) is 2.88. The first-order valence-corrected chi connectivity index (χ1v) is 12.5. The van der Waals surface area contributed by atoms with E-state index >= 15 is 0 Å². The molecule has 0 unspecified atom stereocenters. The number of hydrogen-bond donors (Lipinski definition) is 2. The molecule has 4 aromatic rings. The summed E-state index contributed by atoms with van der Waals surface area (Å²) < 4.78 is 11.1. The lowest BCUT2D eigenvalue weighted by molar-refractivity contribution is 0.405. The molecule has 0 fully saturated rings. The minimum atomic E-state index is 0.799. The van der Waals surface area contributed by atoms with E-state index in [2.05, 4.69) is 60.8 Å². The molecule has 2 heterocycles. The summed E-state index contributed by atoms with van der Waals surface area (Å²) in [5.41, 5.74) is 1.75. The van der Waals surface area contributed by atoms with Gasteiger partial charge >= 0.3 is 0 Å². The fourth-order valence-electron chi connectivity index (χ4n) is 4.40. The molecule has 8 heteroatoms. The van der Waals surface area contributed by atoms with Gasteiger partial charge in [-0.15, -0.1) is 0 Å². The van der Waals surface area contributed by atoms with Crippen LogP contribution < -0.4 is 20.1 Å². The zero-order valence-electron chi connectivity index (χ0n) is 22.3. The third-order valence-corrected chi connectivity index (χ3v) is 6.29. The van der Waals surface area contributed by atoms with E-state index < -0.39 is 0 Å². The van der Waals surface area contributed by atoms with Crippen LogP contribution in [-0.2, 0) is 0 Å². The van der Waals surface area contributed by atoms with E-state index in [9.17, 15) is 0 Å². The molecule has 0 saturated carbocycles. The number of pyridine rings is 2. The summed E-state index contributed by atoms with van der Waals surface area (Å²) >= 11 is 0. The molecular weight excluding hydrogens is 452 g/mol. The van der Waals surface area contributed by atoms with Gasteiger partial charge in [0.25, 0.3) is 0 Å². The van der Waals surface area contributed by atoms with E-state index in [0.29, 0.717) is 0 Å². The smallest absolute Gasteiger partial charge is 0.134 e. The molecule has 4 rings (SSSR count). The van der Waals surface area contributed by atoms with Crippen molar-refractivity contribution in [3.63, 3.8) is 0 Å². The first-order chi connectivity index (χ1) is 17.4. The highest BCUT2D eigenvalue weighted by Crippen LogP contribution is 2.37. The Kier molecular flexibility index (Phi) is 8.28. The van der Waals surface area contributed by atoms with Gasteiger partial charge in [0, 0.05) is 34.6 Å². The van der Waals surface area contributed by atoms with E-state index in [0.717, 1.165) is 94.7 Å². The fraction of sp³-hybridized carbons (Fsp3) is 0.429. The van der Waals surface area contributed by atoms with Crippen molar-refractivity contribution in [2.45, 2.75) is 12.8 Å². The molecule has 0 atom stereocenters. The number of rotatable bonds is 12. The molecule has 0 radical (unpaired) electrons. The quantitative estimate of drug-likeness (QED) is 0.219. The van der Waals surface area contributed by atoms with Gasteiger partial charge in [0.15, 0.2) is 0 Å². The number of nitrogens with zero attached hydrogens (tertiary/aromatic N) is 4. The molecule has 8 nitrogen and oxygen atoms in total. The van der Waals surface area contributed by atoms with Gasteiger partial charge in [-0.2, -0.15) is 0 Å². The lowest BCUT2D eigenvalue weighted by Crippen LogP contribution is -2.17. The van der Waals surface area contributed by atoms with Crippen LogP contribution in [0.3, 0.4) is 0 Å². The van der Waals surface area contributed by atoms with Crippen molar-refractivity contribution in [2.24, 2.45) is 0 Å². The predicted molar refractivity (Wildman–Crippen MR) is 151 cm³/mol. The maximum Gasteiger partial charge on any atom is 0.134 e. The van der Waals surface area contributed by atoms with E-state index in [1.807, 2.05) is 24.3 Å². The van der Waals surface area contributed by atoms with E-state index in [-0.39, 0.29) is 0 Å². The normalized spacial score (nSPS) is 11.7. The van der Waals surface area contributed by atoms with Gasteiger partial charge in [0.1, 0.15) is 23.1 Å². The topological polar surface area (TPSA) is 74.8 Å². The van der Waals surface area contributed by atoms with E-state index in [1.54, 1.807) is 14.2 Å². The maximum absolute atomic E-state index is 5.54. The fourth-order valence-corrected chi connectivity index (χ4v) is 4.40. The second-order valence-electron chi connectivity index (χ2n) is 9.61. The average molecular weight is 491 g/mol. The molecule has 0 aliphatic heterocycles. The number of nitrogens with one attached hydrogen (secondary N) is 2. The molecule has 192 valence electrons. The van der Waals surface area contributed by atoms with Gasteiger partial charge in [-0.1, -0.05) is 0 Å². The van der Waals surface area contributed by atoms with Crippen LogP contribution >= 0.6 is 0 Å². The van der Waals surface area contributed by atoms with Crippen LogP contribution in [0.4, 0.5) is 11.6 Å². The number of benzene rings is 2. The second-order valence-corrected chi connectivity index (χ2v) is 9.61. The highest BCUT2D eigenvalue weighted by Gasteiger charge is 2.16. The van der Waals surface area contributed by atoms with Gasteiger partial charge in [-0.05, 0) is 90.5 Å². The van der Waals surface area contributed by atoms with Crippen molar-refractivity contribution in [2.75, 3.05) is 79.2 Å². The van der Waals surface area contributed by atoms with Gasteiger partial charge < -0.3 is 29.9 Å². The molecule has 2 aromatic heterocycles. The number of hydrogen-bond acceptors (Lipinski definition) is 8. The largest absolute Gasteiger partial charge is 0.497 e. The Labute approximate surface area is 213 Å². The SMILES string of the molecule is COc1ccc2c(c1)c(NCCCN(C)C)nc1c3ccc(OC)cc3c(NCCCN(C)C)nc21. The molecule has 0 bridgehead atoms. The van der Waals surface area contributed by atoms with Gasteiger partial charge in [-0.25, -0.2) is 9.97 Å². The number of fused-ring (bicyclic) bond motifs is 5. The van der Waals surface area contributed by atoms with Crippen molar-refractivity contribution >= 4 is 44.2 Å². The highest BCUT2D eigenvalue weighted by atomic mass is 16.5. The summed E-state index contributed by atoms with van der Waals surface area (Å²) in [4.78, 5) is 14.6. The molecule has 0 aliphatic carbocycles. The third-order valence-electron chi connectivity index (χ3n) is 6.29. The second kappa shape index (κ2) is 11.6. The highest BCUT2D eigenvalue weighted by molar-refractivity contribution is 6.18. The third kappa shape index (κ3) is 5.71. The van der Waals surface area contributed by atoms with Gasteiger partial charge in [0.2, 0.25) is 0 Å². The van der Waals surface area contributed by atoms with E-state index in [4.69, 9.17) is 19.4 Å². The Morgan fingerprint density at radius 1 is 0.639 bits per heavy atom. The monoisotopic (exact) mass is 490 g/mol. The van der Waals surface area contributed by atoms with Crippen LogP contribution in [0, 0.1) is 0 Å². The lowest BCUT2D eigenvalue weighted by Gasteiger charge is -2.17. The van der Waals surface area contributed by atoms with Crippen molar-refractivity contribution in [3.8, 4) is 11.5 Å². The van der Waals surface area contributed by atoms with Crippen LogP contribution in [0.1, 0.15) is 12.8 Å². The maximum atomic E-state index is 5.54. The number of ether oxygens (including phenoxy) is 2. The minimum absolute atomic E-state index is 0.799. The predicted octanol–water partition coefficient (Wildman–Crippen LogP) is 4.68. The molecule has 2 N–H and O–H groups in total. The van der Waals surface area contributed by atoms with Crippen molar-refractivity contribution in [1.82, 2.24) is 19.8 Å².